The van der Waals surface area contributed by atoms with Gasteiger partial charge in [0.2, 0.25) is 5.13 Å². The maximum absolute atomic E-state index is 13.1. The zero-order valence-electron chi connectivity index (χ0n) is 15.6. The van der Waals surface area contributed by atoms with Crippen molar-refractivity contribution in [1.82, 2.24) is 4.98 Å². The topological polar surface area (TPSA) is 111 Å². The lowest BCUT2D eigenvalue weighted by Crippen LogP contribution is -2.25. The zero-order chi connectivity index (χ0) is 21.1. The van der Waals surface area contributed by atoms with E-state index >= 15 is 0 Å². The summed E-state index contributed by atoms with van der Waals surface area (Å²) in [5.41, 5.74) is 0.809. The fraction of sp³-hybridized carbons (Fsp3) is 0.0500. The summed E-state index contributed by atoms with van der Waals surface area (Å²) >= 11 is 1.26. The highest BCUT2D eigenvalue weighted by Gasteiger charge is 2.22. The molecule has 4 aromatic rings. The van der Waals surface area contributed by atoms with Crippen LogP contribution < -0.4 is 9.75 Å². The van der Waals surface area contributed by atoms with Gasteiger partial charge < -0.3 is 9.15 Å². The predicted molar refractivity (Wildman–Crippen MR) is 112 cm³/mol. The van der Waals surface area contributed by atoms with E-state index in [2.05, 4.69) is 10.1 Å². The molecule has 9 nitrogen and oxygen atoms in total. The minimum Gasteiger partial charge on any atom is -0.497 e. The number of fused-ring (bicyclic) bond motifs is 1. The molecule has 0 aliphatic carbocycles. The van der Waals surface area contributed by atoms with E-state index in [0.29, 0.717) is 22.2 Å². The van der Waals surface area contributed by atoms with E-state index in [1.54, 1.807) is 31.4 Å². The second kappa shape index (κ2) is 8.13. The molecule has 1 amide bonds. The first kappa shape index (κ1) is 19.3. The predicted octanol–water partition coefficient (Wildman–Crippen LogP) is 4.49. The Morgan fingerprint density at radius 2 is 2.07 bits per heavy atom. The van der Waals surface area contributed by atoms with Crippen molar-refractivity contribution >= 4 is 44.5 Å². The molecule has 0 aliphatic heterocycles. The number of furan rings is 1. The number of hydrogen-bond acceptors (Lipinski definition) is 8. The molecule has 4 rings (SSSR count). The Hall–Kier alpha value is -4.05. The third-order valence-corrected chi connectivity index (χ3v) is 5.12. The van der Waals surface area contributed by atoms with Gasteiger partial charge in [0.25, 0.3) is 11.6 Å². The molecule has 0 atom stereocenters. The second-order valence-corrected chi connectivity index (χ2v) is 7.02. The molecule has 0 radical (unpaired) electrons. The van der Waals surface area contributed by atoms with Gasteiger partial charge in [-0.15, -0.1) is 0 Å². The zero-order valence-corrected chi connectivity index (χ0v) is 16.4. The second-order valence-electron chi connectivity index (χ2n) is 6.01. The van der Waals surface area contributed by atoms with Crippen LogP contribution in [0.15, 0.2) is 70.4 Å². The highest BCUT2D eigenvalue weighted by atomic mass is 32.1. The summed E-state index contributed by atoms with van der Waals surface area (Å²) in [5, 5.41) is 16.6. The van der Waals surface area contributed by atoms with Crippen molar-refractivity contribution in [2.24, 2.45) is 5.10 Å². The van der Waals surface area contributed by atoms with Crippen LogP contribution in [0.2, 0.25) is 0 Å². The van der Waals surface area contributed by atoms with E-state index in [-0.39, 0.29) is 11.3 Å². The maximum atomic E-state index is 13.1. The summed E-state index contributed by atoms with van der Waals surface area (Å²) in [4.78, 5) is 28.0. The van der Waals surface area contributed by atoms with Crippen molar-refractivity contribution in [3.8, 4) is 5.75 Å². The number of thiazole rings is 1. The molecule has 0 N–H and O–H groups in total. The van der Waals surface area contributed by atoms with Crippen LogP contribution in [0.4, 0.5) is 10.8 Å². The molecular formula is C20H14N4O5S. The van der Waals surface area contributed by atoms with Crippen molar-refractivity contribution in [2.75, 3.05) is 12.1 Å². The Balaban J connectivity index is 1.74. The molecule has 0 saturated heterocycles. The van der Waals surface area contributed by atoms with Crippen molar-refractivity contribution < 1.29 is 18.9 Å². The average molecular weight is 422 g/mol. The summed E-state index contributed by atoms with van der Waals surface area (Å²) in [6.45, 7) is 0. The largest absolute Gasteiger partial charge is 0.497 e. The molecule has 2 heterocycles. The first-order chi connectivity index (χ1) is 14.5. The van der Waals surface area contributed by atoms with Gasteiger partial charge in [0.15, 0.2) is 0 Å². The monoisotopic (exact) mass is 422 g/mol. The third kappa shape index (κ3) is 3.89. The number of nitro benzene ring substituents is 1. The number of hydrazone groups is 1. The van der Waals surface area contributed by atoms with Crippen LogP contribution in [0.1, 0.15) is 16.1 Å². The van der Waals surface area contributed by atoms with Gasteiger partial charge in [0.05, 0.1) is 34.7 Å². The van der Waals surface area contributed by atoms with E-state index < -0.39 is 10.8 Å². The van der Waals surface area contributed by atoms with E-state index in [1.807, 2.05) is 6.07 Å². The van der Waals surface area contributed by atoms with Crippen molar-refractivity contribution in [3.05, 3.63) is 82.3 Å². The maximum Gasteiger partial charge on any atom is 0.280 e. The minimum atomic E-state index is -0.526. The van der Waals surface area contributed by atoms with Crippen LogP contribution >= 0.6 is 11.3 Å². The number of benzene rings is 2. The van der Waals surface area contributed by atoms with Crippen molar-refractivity contribution in [3.63, 3.8) is 0 Å². The summed E-state index contributed by atoms with van der Waals surface area (Å²) in [5.74, 6) is 0.642. The van der Waals surface area contributed by atoms with E-state index in [9.17, 15) is 14.9 Å². The van der Waals surface area contributed by atoms with Gasteiger partial charge in [0, 0.05) is 17.7 Å². The van der Waals surface area contributed by atoms with Gasteiger partial charge in [0.1, 0.15) is 11.5 Å². The lowest BCUT2D eigenvalue weighted by atomic mass is 10.2. The number of aromatic nitrogens is 1. The minimum absolute atomic E-state index is 0.107. The Morgan fingerprint density at radius 1 is 1.27 bits per heavy atom. The number of methoxy groups -OCH3 is 1. The molecule has 0 aliphatic rings. The number of anilines is 1. The molecule has 2 aromatic carbocycles. The lowest BCUT2D eigenvalue weighted by molar-refractivity contribution is -0.384. The van der Waals surface area contributed by atoms with Crippen LogP contribution in [-0.4, -0.2) is 29.1 Å². The van der Waals surface area contributed by atoms with Gasteiger partial charge in [-0.3, -0.25) is 14.9 Å². The first-order valence-electron chi connectivity index (χ1n) is 8.66. The van der Waals surface area contributed by atoms with Crippen LogP contribution in [0.25, 0.3) is 10.2 Å². The van der Waals surface area contributed by atoms with E-state index in [4.69, 9.17) is 9.15 Å². The number of nitrogens with zero attached hydrogens (tertiary/aromatic N) is 4. The smallest absolute Gasteiger partial charge is 0.280 e. The molecule has 0 saturated carbocycles. The summed E-state index contributed by atoms with van der Waals surface area (Å²) in [7, 11) is 1.57. The number of carbonyl (C=O) groups excluding carboxylic acids is 1. The molecular weight excluding hydrogens is 408 g/mol. The quantitative estimate of drug-likeness (QED) is 0.257. The fourth-order valence-corrected chi connectivity index (χ4v) is 3.58. The van der Waals surface area contributed by atoms with Gasteiger partial charge in [-0.05, 0) is 42.5 Å². The number of carbonyl (C=O) groups is 1. The lowest BCUT2D eigenvalue weighted by Gasteiger charge is -2.13. The molecule has 10 heteroatoms. The molecule has 2 aromatic heterocycles. The molecule has 0 fully saturated rings. The van der Waals surface area contributed by atoms with Crippen molar-refractivity contribution in [1.29, 1.82) is 0 Å². The van der Waals surface area contributed by atoms with Gasteiger partial charge >= 0.3 is 0 Å². The number of rotatable bonds is 6. The van der Waals surface area contributed by atoms with Crippen molar-refractivity contribution in [2.45, 2.75) is 0 Å². The highest BCUT2D eigenvalue weighted by molar-refractivity contribution is 7.22. The molecule has 0 unspecified atom stereocenters. The van der Waals surface area contributed by atoms with Gasteiger partial charge in [-0.25, -0.2) is 4.98 Å². The fourth-order valence-electron chi connectivity index (χ4n) is 2.63. The van der Waals surface area contributed by atoms with Crippen LogP contribution in [0.5, 0.6) is 5.75 Å². The Labute approximate surface area is 174 Å². The average Bonchev–Trinajstić information content (AvgIpc) is 3.43. The van der Waals surface area contributed by atoms with Gasteiger partial charge in [-0.1, -0.05) is 11.3 Å². The standard InChI is InChI=1S/C20H14N4O5S/c1-28-15-8-9-17-18(11-15)30-20(22-17)23(21-12-16-3-2-10-29-16)19(25)13-4-6-14(7-5-13)24(26)27/h2-12H,1H3/b21-12+. The molecule has 30 heavy (non-hydrogen) atoms. The van der Waals surface area contributed by atoms with Crippen LogP contribution in [-0.2, 0) is 0 Å². The number of hydrogen-bond donors (Lipinski definition) is 0. The van der Waals surface area contributed by atoms with Crippen LogP contribution in [0, 0.1) is 10.1 Å². The summed E-state index contributed by atoms with van der Waals surface area (Å²) < 4.78 is 11.3. The SMILES string of the molecule is COc1ccc2nc(N(/N=C/c3ccco3)C(=O)c3ccc([N+](=O)[O-])cc3)sc2c1. The van der Waals surface area contributed by atoms with E-state index in [0.717, 1.165) is 9.71 Å². The van der Waals surface area contributed by atoms with E-state index in [1.165, 1.54) is 48.1 Å². The molecule has 0 spiro atoms. The number of nitro groups is 1. The molecule has 150 valence electrons. The summed E-state index contributed by atoms with van der Waals surface area (Å²) in [6, 6.07) is 14.1. The molecule has 0 bridgehead atoms. The highest BCUT2D eigenvalue weighted by Crippen LogP contribution is 2.32. The Kier molecular flexibility index (Phi) is 5.22. The van der Waals surface area contributed by atoms with Crippen LogP contribution in [0.3, 0.4) is 0 Å². The number of non-ortho nitro benzene ring substituents is 1. The Morgan fingerprint density at radius 3 is 2.73 bits per heavy atom. The Bertz CT molecular complexity index is 1230. The first-order valence-corrected chi connectivity index (χ1v) is 9.48. The summed E-state index contributed by atoms with van der Waals surface area (Å²) in [6.07, 6.45) is 2.89. The third-order valence-electron chi connectivity index (χ3n) is 4.13. The number of ether oxygens (including phenoxy) is 1. The number of amides is 1. The normalized spacial score (nSPS) is 11.1. The van der Waals surface area contributed by atoms with Gasteiger partial charge in [-0.2, -0.15) is 10.1 Å².